The molecule has 0 aliphatic carbocycles. The van der Waals surface area contributed by atoms with Crippen molar-refractivity contribution in [2.24, 2.45) is 24.1 Å². The SMILES string of the molecule is COc1cc2c(cc1OCc1cc(O)cc(COc3cc4c(cc3OC)C(O)N3Cc5c(ncn5C)C[C@H]3C=N4)c1)N=C[C@@H]1Cc3ncn(C)c3CN1C2=O. The van der Waals surface area contributed by atoms with E-state index in [2.05, 4.69) is 9.97 Å². The maximum absolute atomic E-state index is 13.8. The molecule has 1 unspecified atom stereocenters. The van der Waals surface area contributed by atoms with Crippen LogP contribution in [0, 0.1) is 0 Å². The molecule has 3 atom stereocenters. The molecule has 0 saturated heterocycles. The molecule has 3 aromatic carbocycles. The predicted molar refractivity (Wildman–Crippen MR) is 201 cm³/mol. The summed E-state index contributed by atoms with van der Waals surface area (Å²) in [4.78, 5) is 36.1. The van der Waals surface area contributed by atoms with Crippen molar-refractivity contribution >= 4 is 29.7 Å². The van der Waals surface area contributed by atoms with Crippen molar-refractivity contribution in [3.8, 4) is 28.7 Å². The van der Waals surface area contributed by atoms with Crippen molar-refractivity contribution in [1.82, 2.24) is 28.9 Å². The first-order valence-corrected chi connectivity index (χ1v) is 18.0. The van der Waals surface area contributed by atoms with Crippen molar-refractivity contribution < 1.29 is 34.0 Å². The molecule has 55 heavy (non-hydrogen) atoms. The molecule has 0 bridgehead atoms. The first kappa shape index (κ1) is 34.6. The topological polar surface area (TPSA) is 161 Å². The van der Waals surface area contributed by atoms with Crippen molar-refractivity contribution in [1.29, 1.82) is 0 Å². The van der Waals surface area contributed by atoms with Crippen LogP contribution in [0.15, 0.2) is 65.1 Å². The van der Waals surface area contributed by atoms with Gasteiger partial charge in [0.15, 0.2) is 23.0 Å². The summed E-state index contributed by atoms with van der Waals surface area (Å²) in [6.45, 7) is 1.17. The van der Waals surface area contributed by atoms with Gasteiger partial charge in [-0.05, 0) is 41.5 Å². The number of methoxy groups -OCH3 is 2. The van der Waals surface area contributed by atoms with Gasteiger partial charge in [-0.3, -0.25) is 19.7 Å². The lowest BCUT2D eigenvalue weighted by molar-refractivity contribution is -0.0214. The number of rotatable bonds is 8. The van der Waals surface area contributed by atoms with Crippen LogP contribution >= 0.6 is 0 Å². The molecule has 0 saturated carbocycles. The summed E-state index contributed by atoms with van der Waals surface area (Å²) in [5.41, 5.74) is 7.55. The number of benzene rings is 3. The minimum atomic E-state index is -0.912. The molecule has 0 fully saturated rings. The van der Waals surface area contributed by atoms with E-state index >= 15 is 0 Å². The number of ether oxygens (including phenoxy) is 4. The molecule has 4 aliphatic rings. The molecule has 2 N–H and O–H groups in total. The Morgan fingerprint density at radius 2 is 1.31 bits per heavy atom. The minimum absolute atomic E-state index is 0.0460. The lowest BCUT2D eigenvalue weighted by atomic mass is 10.0. The summed E-state index contributed by atoms with van der Waals surface area (Å²) in [5.74, 6) is 1.60. The second kappa shape index (κ2) is 13.6. The highest BCUT2D eigenvalue weighted by Crippen LogP contribution is 2.43. The minimum Gasteiger partial charge on any atom is -0.508 e. The number of phenols is 1. The molecule has 5 aromatic rings. The molecular formula is C40H40N8O7. The number of nitrogens with zero attached hydrogens (tertiary/aromatic N) is 8. The van der Waals surface area contributed by atoms with Gasteiger partial charge >= 0.3 is 0 Å². The van der Waals surface area contributed by atoms with Crippen molar-refractivity contribution in [3.63, 3.8) is 0 Å². The van der Waals surface area contributed by atoms with Crippen LogP contribution in [0.2, 0.25) is 0 Å². The number of carbonyl (C=O) groups excluding carboxylic acids is 1. The molecule has 4 aliphatic heterocycles. The van der Waals surface area contributed by atoms with Gasteiger partial charge in [0.1, 0.15) is 25.2 Å². The fraction of sp³-hybridized carbons (Fsp3) is 0.325. The summed E-state index contributed by atoms with van der Waals surface area (Å²) in [6, 6.07) is 11.7. The van der Waals surface area contributed by atoms with Crippen molar-refractivity contribution in [2.75, 3.05) is 14.2 Å². The third-order valence-electron chi connectivity index (χ3n) is 10.9. The predicted octanol–water partition coefficient (Wildman–Crippen LogP) is 4.45. The summed E-state index contributed by atoms with van der Waals surface area (Å²) in [6.07, 6.45) is 7.56. The number of aromatic nitrogens is 4. The van der Waals surface area contributed by atoms with Gasteiger partial charge in [-0.15, -0.1) is 0 Å². The normalized spacial score (nSPS) is 19.6. The van der Waals surface area contributed by atoms with Crippen LogP contribution in [0.25, 0.3) is 0 Å². The van der Waals surface area contributed by atoms with Crippen LogP contribution in [0.5, 0.6) is 28.7 Å². The Balaban J connectivity index is 0.911. The quantitative estimate of drug-likeness (QED) is 0.232. The van der Waals surface area contributed by atoms with Crippen molar-refractivity contribution in [3.05, 3.63) is 100 Å². The van der Waals surface area contributed by atoms with Gasteiger partial charge < -0.3 is 43.2 Å². The third kappa shape index (κ3) is 6.14. The Labute approximate surface area is 316 Å². The number of aliphatic imine (C=N–C) groups is 2. The van der Waals surface area contributed by atoms with E-state index < -0.39 is 6.23 Å². The molecule has 15 heteroatoms. The smallest absolute Gasteiger partial charge is 0.257 e. The standard InChI is InChI=1S/C40H40N8O7/c1-45-20-43-31-8-24-14-41-29-12-37(35(52-3)10-27(29)39(50)47(24)16-33(31)45)54-18-22-5-23(7-26(49)6-22)19-55-38-13-30-28(11-36(38)53-4)40(51)48-17-34-32(44-21-46(34)2)9-25(48)15-42-30/h5-7,10-15,20-21,24-25,39,49-50H,8-9,16-19H2,1-4H3/t24-,25-,39?/m0/s1. The average molecular weight is 745 g/mol. The van der Waals surface area contributed by atoms with Gasteiger partial charge in [0.2, 0.25) is 0 Å². The fourth-order valence-corrected chi connectivity index (χ4v) is 7.86. The largest absolute Gasteiger partial charge is 0.508 e. The van der Waals surface area contributed by atoms with E-state index in [9.17, 15) is 15.0 Å². The number of carbonyl (C=O) groups is 1. The lowest BCUT2D eigenvalue weighted by Crippen LogP contribution is -2.45. The Kier molecular flexibility index (Phi) is 8.54. The zero-order valence-electron chi connectivity index (χ0n) is 30.8. The summed E-state index contributed by atoms with van der Waals surface area (Å²) in [5, 5.41) is 22.2. The molecule has 6 heterocycles. The van der Waals surface area contributed by atoms with Gasteiger partial charge in [-0.1, -0.05) is 0 Å². The number of phenolic OH excluding ortho intramolecular Hbond substituents is 1. The summed E-state index contributed by atoms with van der Waals surface area (Å²) in [7, 11) is 6.97. The van der Waals surface area contributed by atoms with Crippen LogP contribution in [0.4, 0.5) is 11.4 Å². The van der Waals surface area contributed by atoms with Gasteiger partial charge in [-0.25, -0.2) is 9.97 Å². The van der Waals surface area contributed by atoms with E-state index in [1.54, 1.807) is 62.4 Å². The highest BCUT2D eigenvalue weighted by Gasteiger charge is 2.37. The van der Waals surface area contributed by atoms with Crippen LogP contribution in [0.3, 0.4) is 0 Å². The van der Waals surface area contributed by atoms with E-state index in [0.29, 0.717) is 82.6 Å². The number of fused-ring (bicyclic) bond motifs is 6. The van der Waals surface area contributed by atoms with Crippen LogP contribution in [-0.4, -0.2) is 83.8 Å². The number of aryl methyl sites for hydroxylation is 2. The van der Waals surface area contributed by atoms with Crippen molar-refractivity contribution in [2.45, 2.75) is 57.5 Å². The molecule has 2 aromatic heterocycles. The average Bonchev–Trinajstić information content (AvgIpc) is 3.67. The number of aliphatic hydroxyl groups excluding tert-OH is 1. The van der Waals surface area contributed by atoms with Gasteiger partial charge in [0, 0.05) is 63.6 Å². The first-order valence-electron chi connectivity index (χ1n) is 18.0. The molecule has 0 spiro atoms. The Hall–Kier alpha value is -6.19. The van der Waals surface area contributed by atoms with Gasteiger partial charge in [0.05, 0.1) is 85.2 Å². The summed E-state index contributed by atoms with van der Waals surface area (Å²) < 4.78 is 27.8. The Bertz CT molecular complexity index is 2400. The van der Waals surface area contributed by atoms with E-state index in [1.165, 1.54) is 7.11 Å². The highest BCUT2D eigenvalue weighted by molar-refractivity contribution is 6.03. The molecule has 1 amide bonds. The molecule has 282 valence electrons. The fourth-order valence-electron chi connectivity index (χ4n) is 7.86. The number of aliphatic hydroxyl groups is 1. The number of amides is 1. The highest BCUT2D eigenvalue weighted by atomic mass is 16.5. The monoisotopic (exact) mass is 744 g/mol. The Morgan fingerprint density at radius 1 is 0.727 bits per heavy atom. The van der Waals surface area contributed by atoms with Gasteiger partial charge in [0.25, 0.3) is 5.91 Å². The Morgan fingerprint density at radius 3 is 1.98 bits per heavy atom. The number of hydrogen-bond acceptors (Lipinski definition) is 12. The van der Waals surface area contributed by atoms with Gasteiger partial charge in [-0.2, -0.15) is 0 Å². The lowest BCUT2D eigenvalue weighted by Gasteiger charge is -2.35. The zero-order chi connectivity index (χ0) is 38.0. The van der Waals surface area contributed by atoms with E-state index in [4.69, 9.17) is 28.9 Å². The second-order valence-corrected chi connectivity index (χ2v) is 14.2. The van der Waals surface area contributed by atoms with E-state index in [0.717, 1.165) is 22.8 Å². The number of imidazole rings is 2. The zero-order valence-corrected chi connectivity index (χ0v) is 30.8. The maximum Gasteiger partial charge on any atom is 0.257 e. The maximum atomic E-state index is 13.8. The summed E-state index contributed by atoms with van der Waals surface area (Å²) >= 11 is 0. The van der Waals surface area contributed by atoms with E-state index in [1.807, 2.05) is 45.3 Å². The number of hydrogen-bond donors (Lipinski definition) is 2. The van der Waals surface area contributed by atoms with Crippen LogP contribution in [0.1, 0.15) is 56.1 Å². The molecule has 0 radical (unpaired) electrons. The number of aromatic hydroxyl groups is 1. The molecular weight excluding hydrogens is 704 g/mol. The van der Waals surface area contributed by atoms with Crippen LogP contribution in [-0.2, 0) is 53.2 Å². The van der Waals surface area contributed by atoms with E-state index in [-0.39, 0.29) is 37.0 Å². The molecule has 15 nitrogen and oxygen atoms in total. The van der Waals surface area contributed by atoms with Crippen LogP contribution < -0.4 is 18.9 Å². The third-order valence-corrected chi connectivity index (χ3v) is 10.9. The first-order chi connectivity index (χ1) is 26.7. The molecule has 9 rings (SSSR count). The second-order valence-electron chi connectivity index (χ2n) is 14.2.